The van der Waals surface area contributed by atoms with Gasteiger partial charge in [-0.25, -0.2) is 9.97 Å². The number of benzene rings is 2. The first-order valence-electron chi connectivity index (χ1n) is 13.6. The smallest absolute Gasteiger partial charge is 0.251 e. The third-order valence-corrected chi connectivity index (χ3v) is 7.17. The van der Waals surface area contributed by atoms with E-state index >= 15 is 0 Å². The van der Waals surface area contributed by atoms with Gasteiger partial charge in [-0.3, -0.25) is 9.20 Å². The zero-order valence-corrected chi connectivity index (χ0v) is 22.1. The first-order chi connectivity index (χ1) is 18.5. The van der Waals surface area contributed by atoms with Crippen LogP contribution in [0.5, 0.6) is 0 Å². The van der Waals surface area contributed by atoms with Crippen LogP contribution in [0.4, 0.5) is 11.5 Å². The third kappa shape index (κ3) is 5.22. The van der Waals surface area contributed by atoms with E-state index in [2.05, 4.69) is 69.6 Å². The summed E-state index contributed by atoms with van der Waals surface area (Å²) in [6.45, 7) is 9.24. The molecule has 38 heavy (non-hydrogen) atoms. The van der Waals surface area contributed by atoms with Crippen LogP contribution in [-0.4, -0.2) is 59.0 Å². The second kappa shape index (κ2) is 10.5. The number of rotatable bonds is 8. The highest BCUT2D eigenvalue weighted by Crippen LogP contribution is 2.29. The largest absolute Gasteiger partial charge is 0.369 e. The molecule has 0 bridgehead atoms. The topological polar surface area (TPSA) is 86.6 Å². The number of piperazine rings is 1. The number of amides is 1. The standard InChI is InChI=1S/C30H35N7O/c1-20(2)17-32-28-29-33-18-27(22-3-5-23(6-4-22)30(38)34-24-9-10-24)37(29)19-26(35-28)21-7-11-25(12-8-21)36-15-13-31-14-16-36/h3-8,11-12,18-20,24,31H,9-10,13-17H2,1-2H3,(H,32,35)(H,34,38). The maximum atomic E-state index is 12.5. The third-order valence-electron chi connectivity index (χ3n) is 7.17. The summed E-state index contributed by atoms with van der Waals surface area (Å²) in [7, 11) is 0. The number of carbonyl (C=O) groups is 1. The Morgan fingerprint density at radius 2 is 1.74 bits per heavy atom. The van der Waals surface area contributed by atoms with E-state index < -0.39 is 0 Å². The van der Waals surface area contributed by atoms with Gasteiger partial charge in [0.15, 0.2) is 11.5 Å². The average molecular weight is 510 g/mol. The van der Waals surface area contributed by atoms with Crippen molar-refractivity contribution >= 4 is 23.1 Å². The molecule has 2 aromatic heterocycles. The molecular weight excluding hydrogens is 474 g/mol. The van der Waals surface area contributed by atoms with Gasteiger partial charge >= 0.3 is 0 Å². The van der Waals surface area contributed by atoms with Crippen LogP contribution >= 0.6 is 0 Å². The van der Waals surface area contributed by atoms with Gasteiger partial charge in [-0.15, -0.1) is 0 Å². The lowest BCUT2D eigenvalue weighted by molar-refractivity contribution is 0.0951. The van der Waals surface area contributed by atoms with Crippen LogP contribution in [0.2, 0.25) is 0 Å². The molecule has 1 aliphatic carbocycles. The predicted molar refractivity (Wildman–Crippen MR) is 153 cm³/mol. The lowest BCUT2D eigenvalue weighted by Gasteiger charge is -2.29. The van der Waals surface area contributed by atoms with Crippen LogP contribution in [0, 0.1) is 5.92 Å². The van der Waals surface area contributed by atoms with Crippen LogP contribution in [-0.2, 0) is 0 Å². The summed E-state index contributed by atoms with van der Waals surface area (Å²) in [6.07, 6.45) is 6.10. The molecule has 0 unspecified atom stereocenters. The van der Waals surface area contributed by atoms with E-state index in [-0.39, 0.29) is 5.91 Å². The Bertz CT molecular complexity index is 1420. The molecule has 0 radical (unpaired) electrons. The Balaban J connectivity index is 1.34. The van der Waals surface area contributed by atoms with Gasteiger partial charge in [-0.05, 0) is 43.0 Å². The highest BCUT2D eigenvalue weighted by Gasteiger charge is 2.24. The SMILES string of the molecule is CC(C)CNc1nc(-c2ccc(N3CCNCC3)cc2)cn2c(-c3ccc(C(=O)NC4CC4)cc3)cnc12. The van der Waals surface area contributed by atoms with Crippen molar-refractivity contribution < 1.29 is 4.79 Å². The Kier molecular flexibility index (Phi) is 6.72. The van der Waals surface area contributed by atoms with Crippen molar-refractivity contribution in [1.82, 2.24) is 25.0 Å². The summed E-state index contributed by atoms with van der Waals surface area (Å²) in [4.78, 5) is 24.6. The second-order valence-electron chi connectivity index (χ2n) is 10.7. The summed E-state index contributed by atoms with van der Waals surface area (Å²) in [5.41, 5.74) is 6.62. The minimum absolute atomic E-state index is 0.00638. The Morgan fingerprint density at radius 3 is 2.42 bits per heavy atom. The number of anilines is 2. The maximum absolute atomic E-state index is 12.5. The minimum atomic E-state index is -0.00638. The van der Waals surface area contributed by atoms with E-state index in [1.807, 2.05) is 30.5 Å². The molecule has 2 aromatic carbocycles. The van der Waals surface area contributed by atoms with Crippen LogP contribution in [0.15, 0.2) is 60.9 Å². The van der Waals surface area contributed by atoms with Crippen LogP contribution in [0.3, 0.4) is 0 Å². The summed E-state index contributed by atoms with van der Waals surface area (Å²) < 4.78 is 2.11. The number of carbonyl (C=O) groups excluding carboxylic acids is 1. The Morgan fingerprint density at radius 1 is 1.03 bits per heavy atom. The molecule has 4 aromatic rings. The summed E-state index contributed by atoms with van der Waals surface area (Å²) >= 11 is 0. The van der Waals surface area contributed by atoms with Crippen molar-refractivity contribution in [2.24, 2.45) is 5.92 Å². The molecule has 0 atom stereocenters. The maximum Gasteiger partial charge on any atom is 0.251 e. The molecule has 1 aliphatic heterocycles. The lowest BCUT2D eigenvalue weighted by atomic mass is 10.1. The van der Waals surface area contributed by atoms with Gasteiger partial charge in [0.1, 0.15) is 0 Å². The molecule has 3 N–H and O–H groups in total. The quantitative estimate of drug-likeness (QED) is 0.326. The van der Waals surface area contributed by atoms with Gasteiger partial charge in [0.05, 0.1) is 17.6 Å². The molecule has 196 valence electrons. The van der Waals surface area contributed by atoms with E-state index in [1.54, 1.807) is 0 Å². The fraction of sp³-hybridized carbons (Fsp3) is 0.367. The minimum Gasteiger partial charge on any atom is -0.369 e. The Hall–Kier alpha value is -3.91. The van der Waals surface area contributed by atoms with E-state index in [9.17, 15) is 4.79 Å². The molecule has 1 saturated carbocycles. The fourth-order valence-electron chi connectivity index (χ4n) is 4.82. The monoisotopic (exact) mass is 509 g/mol. The van der Waals surface area contributed by atoms with Gasteiger partial charge in [0.25, 0.3) is 5.91 Å². The molecule has 3 heterocycles. The van der Waals surface area contributed by atoms with Gasteiger partial charge in [-0.2, -0.15) is 0 Å². The molecule has 1 amide bonds. The zero-order valence-electron chi connectivity index (χ0n) is 22.1. The van der Waals surface area contributed by atoms with Crippen molar-refractivity contribution in [2.75, 3.05) is 42.9 Å². The van der Waals surface area contributed by atoms with E-state index in [0.717, 1.165) is 79.5 Å². The fourth-order valence-corrected chi connectivity index (χ4v) is 4.82. The number of hydrogen-bond donors (Lipinski definition) is 3. The van der Waals surface area contributed by atoms with Gasteiger partial charge in [0, 0.05) is 67.3 Å². The highest BCUT2D eigenvalue weighted by atomic mass is 16.1. The van der Waals surface area contributed by atoms with Gasteiger partial charge in [-0.1, -0.05) is 38.1 Å². The second-order valence-corrected chi connectivity index (χ2v) is 10.7. The van der Waals surface area contributed by atoms with E-state index in [4.69, 9.17) is 9.97 Å². The molecule has 2 fully saturated rings. The van der Waals surface area contributed by atoms with Crippen molar-refractivity contribution in [3.8, 4) is 22.5 Å². The van der Waals surface area contributed by atoms with Crippen molar-refractivity contribution in [2.45, 2.75) is 32.7 Å². The number of aromatic nitrogens is 3. The van der Waals surface area contributed by atoms with Crippen LogP contribution < -0.4 is 20.9 Å². The van der Waals surface area contributed by atoms with Gasteiger partial charge < -0.3 is 20.9 Å². The normalized spacial score (nSPS) is 15.7. The number of nitrogens with zero attached hydrogens (tertiary/aromatic N) is 4. The van der Waals surface area contributed by atoms with Crippen molar-refractivity contribution in [3.05, 3.63) is 66.5 Å². The summed E-state index contributed by atoms with van der Waals surface area (Å²) in [5.74, 6) is 1.24. The van der Waals surface area contributed by atoms with E-state index in [1.165, 1.54) is 5.69 Å². The first-order valence-corrected chi connectivity index (χ1v) is 13.6. The molecule has 8 nitrogen and oxygen atoms in total. The van der Waals surface area contributed by atoms with Crippen LogP contribution in [0.25, 0.3) is 28.2 Å². The number of imidazole rings is 1. The van der Waals surface area contributed by atoms with E-state index in [0.29, 0.717) is 17.5 Å². The molecule has 2 aliphatic rings. The van der Waals surface area contributed by atoms with Crippen molar-refractivity contribution in [1.29, 1.82) is 0 Å². The average Bonchev–Trinajstić information content (AvgIpc) is 3.67. The van der Waals surface area contributed by atoms with Crippen molar-refractivity contribution in [3.63, 3.8) is 0 Å². The highest BCUT2D eigenvalue weighted by molar-refractivity contribution is 5.95. The molecule has 0 spiro atoms. The summed E-state index contributed by atoms with van der Waals surface area (Å²) in [5, 5.41) is 9.98. The number of fused-ring (bicyclic) bond motifs is 1. The summed E-state index contributed by atoms with van der Waals surface area (Å²) in [6, 6.07) is 16.8. The van der Waals surface area contributed by atoms with Crippen LogP contribution in [0.1, 0.15) is 37.0 Å². The lowest BCUT2D eigenvalue weighted by Crippen LogP contribution is -2.43. The molecule has 6 rings (SSSR count). The molecular formula is C30H35N7O. The first kappa shape index (κ1) is 24.4. The molecule has 8 heteroatoms. The van der Waals surface area contributed by atoms with Gasteiger partial charge in [0.2, 0.25) is 0 Å². The Labute approximate surface area is 223 Å². The number of nitrogens with one attached hydrogen (secondary N) is 3. The number of hydrogen-bond acceptors (Lipinski definition) is 6. The zero-order chi connectivity index (χ0) is 26.1. The predicted octanol–water partition coefficient (Wildman–Crippen LogP) is 4.43. The molecule has 1 saturated heterocycles.